The van der Waals surface area contributed by atoms with Crippen LogP contribution in [0, 0.1) is 5.92 Å². The topological polar surface area (TPSA) is 71.8 Å². The molecule has 2 N–H and O–H groups in total. The highest BCUT2D eigenvalue weighted by atomic mass is 16.2. The van der Waals surface area contributed by atoms with E-state index in [1.165, 1.54) is 0 Å². The van der Waals surface area contributed by atoms with Gasteiger partial charge in [-0.05, 0) is 23.6 Å². The van der Waals surface area contributed by atoms with Crippen LogP contribution in [-0.2, 0) is 7.05 Å². The first kappa shape index (κ1) is 17.7. The Kier molecular flexibility index (Phi) is 5.31. The summed E-state index contributed by atoms with van der Waals surface area (Å²) in [5.41, 5.74) is 2.64. The molecule has 134 valence electrons. The lowest BCUT2D eigenvalue weighted by Crippen LogP contribution is -2.35. The fourth-order valence-corrected chi connectivity index (χ4v) is 2.81. The van der Waals surface area contributed by atoms with E-state index < -0.39 is 0 Å². The van der Waals surface area contributed by atoms with E-state index in [2.05, 4.69) is 34.6 Å². The zero-order chi connectivity index (χ0) is 18.5. The summed E-state index contributed by atoms with van der Waals surface area (Å²) in [5.74, 6) is 0.896. The molecule has 2 aromatic carbocycles. The molecule has 0 unspecified atom stereocenters. The van der Waals surface area contributed by atoms with E-state index in [1.807, 2.05) is 61.6 Å². The fraction of sp³-hybridized carbons (Fsp3) is 0.250. The van der Waals surface area contributed by atoms with Crippen LogP contribution in [0.3, 0.4) is 0 Å². The fourth-order valence-electron chi connectivity index (χ4n) is 2.81. The van der Waals surface area contributed by atoms with Gasteiger partial charge in [0, 0.05) is 18.3 Å². The van der Waals surface area contributed by atoms with Crippen LogP contribution in [0.4, 0.5) is 10.5 Å². The first-order valence-corrected chi connectivity index (χ1v) is 8.61. The van der Waals surface area contributed by atoms with Gasteiger partial charge < -0.3 is 10.6 Å². The van der Waals surface area contributed by atoms with E-state index >= 15 is 0 Å². The SMILES string of the molecule is CC(C)[C@@H](NC(=O)Nc1cccc(-c2ncn(C)n2)c1)c1ccccc1. The van der Waals surface area contributed by atoms with Crippen LogP contribution in [0.5, 0.6) is 0 Å². The largest absolute Gasteiger partial charge is 0.331 e. The first-order valence-electron chi connectivity index (χ1n) is 8.61. The second-order valence-corrected chi connectivity index (χ2v) is 6.55. The Balaban J connectivity index is 1.71. The van der Waals surface area contributed by atoms with E-state index in [1.54, 1.807) is 11.0 Å². The number of aromatic nitrogens is 3. The summed E-state index contributed by atoms with van der Waals surface area (Å²) >= 11 is 0. The van der Waals surface area contributed by atoms with Crippen LogP contribution in [0.25, 0.3) is 11.4 Å². The molecule has 0 saturated carbocycles. The third-order valence-electron chi connectivity index (χ3n) is 4.09. The number of urea groups is 1. The van der Waals surface area contributed by atoms with Crippen LogP contribution >= 0.6 is 0 Å². The molecule has 0 aliphatic carbocycles. The monoisotopic (exact) mass is 349 g/mol. The molecule has 0 bridgehead atoms. The van der Waals surface area contributed by atoms with Gasteiger partial charge in [-0.2, -0.15) is 5.10 Å². The van der Waals surface area contributed by atoms with Gasteiger partial charge >= 0.3 is 6.03 Å². The van der Waals surface area contributed by atoms with Crippen LogP contribution < -0.4 is 10.6 Å². The van der Waals surface area contributed by atoms with Gasteiger partial charge in [-0.1, -0.05) is 56.3 Å². The Hall–Kier alpha value is -3.15. The smallest absolute Gasteiger partial charge is 0.319 e. The van der Waals surface area contributed by atoms with Crippen molar-refractivity contribution >= 4 is 11.7 Å². The Labute approximate surface area is 153 Å². The van der Waals surface area contributed by atoms with Crippen LogP contribution in [0.1, 0.15) is 25.5 Å². The molecular formula is C20H23N5O. The first-order chi connectivity index (χ1) is 12.5. The number of hydrogen-bond donors (Lipinski definition) is 2. The lowest BCUT2D eigenvalue weighted by Gasteiger charge is -2.23. The van der Waals surface area contributed by atoms with Crippen molar-refractivity contribution in [2.45, 2.75) is 19.9 Å². The number of nitrogens with one attached hydrogen (secondary N) is 2. The molecule has 2 amide bonds. The predicted molar refractivity (Wildman–Crippen MR) is 103 cm³/mol. The van der Waals surface area contributed by atoms with Crippen molar-refractivity contribution in [2.24, 2.45) is 13.0 Å². The normalized spacial score (nSPS) is 12.0. The number of rotatable bonds is 5. The van der Waals surface area contributed by atoms with Crippen molar-refractivity contribution < 1.29 is 4.79 Å². The zero-order valence-corrected chi connectivity index (χ0v) is 15.2. The Morgan fingerprint density at radius 2 is 1.85 bits per heavy atom. The second kappa shape index (κ2) is 7.82. The molecule has 1 atom stereocenters. The molecule has 0 aliphatic heterocycles. The molecule has 3 aromatic rings. The van der Waals surface area contributed by atoms with Crippen LogP contribution in [0.2, 0.25) is 0 Å². The number of nitrogens with zero attached hydrogens (tertiary/aromatic N) is 3. The number of hydrogen-bond acceptors (Lipinski definition) is 3. The van der Waals surface area contributed by atoms with Crippen LogP contribution in [-0.4, -0.2) is 20.8 Å². The summed E-state index contributed by atoms with van der Waals surface area (Å²) < 4.78 is 1.65. The standard InChI is InChI=1S/C20H23N5O/c1-14(2)18(15-8-5-4-6-9-15)23-20(26)22-17-11-7-10-16(12-17)19-21-13-25(3)24-19/h4-14,18H,1-3H3,(H2,22,23,26)/t18-/m1/s1. The number of carbonyl (C=O) groups excluding carboxylic acids is 1. The minimum absolute atomic E-state index is 0.0585. The number of anilines is 1. The maximum atomic E-state index is 12.5. The van der Waals surface area contributed by atoms with Gasteiger partial charge in [0.05, 0.1) is 6.04 Å². The maximum absolute atomic E-state index is 12.5. The maximum Gasteiger partial charge on any atom is 0.319 e. The van der Waals surface area contributed by atoms with Crippen molar-refractivity contribution in [3.8, 4) is 11.4 Å². The van der Waals surface area contributed by atoms with Crippen molar-refractivity contribution in [1.29, 1.82) is 0 Å². The van der Waals surface area contributed by atoms with Gasteiger partial charge in [-0.3, -0.25) is 4.68 Å². The number of benzene rings is 2. The lowest BCUT2D eigenvalue weighted by molar-refractivity contribution is 0.244. The molecule has 0 radical (unpaired) electrons. The van der Waals surface area contributed by atoms with Gasteiger partial charge in [0.25, 0.3) is 0 Å². The lowest BCUT2D eigenvalue weighted by atomic mass is 9.96. The van der Waals surface area contributed by atoms with Crippen molar-refractivity contribution in [2.75, 3.05) is 5.32 Å². The van der Waals surface area contributed by atoms with Gasteiger partial charge in [0.2, 0.25) is 0 Å². The predicted octanol–water partition coefficient (Wildman–Crippen LogP) is 4.00. The number of amides is 2. The molecule has 1 heterocycles. The summed E-state index contributed by atoms with van der Waals surface area (Å²) in [6, 6.07) is 17.2. The van der Waals surface area contributed by atoms with E-state index in [-0.39, 0.29) is 18.0 Å². The van der Waals surface area contributed by atoms with E-state index in [0.717, 1.165) is 11.1 Å². The summed E-state index contributed by atoms with van der Waals surface area (Å²) in [5, 5.41) is 10.3. The minimum atomic E-state index is -0.237. The van der Waals surface area contributed by atoms with Crippen LogP contribution in [0.15, 0.2) is 60.9 Å². The van der Waals surface area contributed by atoms with E-state index in [9.17, 15) is 4.79 Å². The summed E-state index contributed by atoms with van der Waals surface area (Å²) in [6.07, 6.45) is 1.65. The molecule has 0 fully saturated rings. The Morgan fingerprint density at radius 3 is 2.50 bits per heavy atom. The van der Waals surface area contributed by atoms with Gasteiger partial charge in [0.1, 0.15) is 6.33 Å². The highest BCUT2D eigenvalue weighted by Gasteiger charge is 2.18. The van der Waals surface area contributed by atoms with Crippen molar-refractivity contribution in [3.63, 3.8) is 0 Å². The third-order valence-corrected chi connectivity index (χ3v) is 4.09. The molecule has 0 aliphatic rings. The molecule has 6 nitrogen and oxygen atoms in total. The van der Waals surface area contributed by atoms with Crippen molar-refractivity contribution in [3.05, 3.63) is 66.5 Å². The Bertz CT molecular complexity index is 873. The number of carbonyl (C=O) groups is 1. The quantitative estimate of drug-likeness (QED) is 0.731. The second-order valence-electron chi connectivity index (χ2n) is 6.55. The zero-order valence-electron chi connectivity index (χ0n) is 15.2. The molecule has 6 heteroatoms. The molecule has 1 aromatic heterocycles. The molecule has 0 spiro atoms. The van der Waals surface area contributed by atoms with Gasteiger partial charge in [-0.25, -0.2) is 9.78 Å². The van der Waals surface area contributed by atoms with E-state index in [0.29, 0.717) is 11.5 Å². The molecular weight excluding hydrogens is 326 g/mol. The third kappa shape index (κ3) is 4.27. The average Bonchev–Trinajstić information content (AvgIpc) is 3.07. The highest BCUT2D eigenvalue weighted by molar-refractivity contribution is 5.90. The van der Waals surface area contributed by atoms with Gasteiger partial charge in [0.15, 0.2) is 5.82 Å². The summed E-state index contributed by atoms with van der Waals surface area (Å²) in [6.45, 7) is 4.18. The highest BCUT2D eigenvalue weighted by Crippen LogP contribution is 2.22. The van der Waals surface area contributed by atoms with Gasteiger partial charge in [-0.15, -0.1) is 0 Å². The molecule has 3 rings (SSSR count). The summed E-state index contributed by atoms with van der Waals surface area (Å²) in [7, 11) is 1.82. The summed E-state index contributed by atoms with van der Waals surface area (Å²) in [4.78, 5) is 16.7. The van der Waals surface area contributed by atoms with E-state index in [4.69, 9.17) is 0 Å². The van der Waals surface area contributed by atoms with Crippen molar-refractivity contribution in [1.82, 2.24) is 20.1 Å². The average molecular weight is 349 g/mol. The molecule has 0 saturated heterocycles. The Morgan fingerprint density at radius 1 is 1.08 bits per heavy atom. The molecule has 26 heavy (non-hydrogen) atoms. The minimum Gasteiger partial charge on any atom is -0.331 e. The number of aryl methyl sites for hydroxylation is 1.